The minimum atomic E-state index is -1.22. The molecule has 0 saturated carbocycles. The standard InChI is InChI=1S/C27H28Cl2N2O5/c1-14(2)23-27(18-8-6-16(29)11-20(18)30-24(27)33)19(12-22(32)31-23)17-10-15(28)7-9-21(17)36-13-26(3,4)25(34)35-5/h6-11,19,23H,1,12-13H2,2-5H3,(H,30,33)(H,31,32). The third-order valence-electron chi connectivity index (χ3n) is 6.92. The van der Waals surface area contributed by atoms with Crippen molar-refractivity contribution in [1.82, 2.24) is 5.32 Å². The fraction of sp³-hybridized carbons (Fsp3) is 0.370. The number of hydrogen-bond donors (Lipinski definition) is 2. The van der Waals surface area contributed by atoms with Crippen LogP contribution in [0.5, 0.6) is 5.75 Å². The highest BCUT2D eigenvalue weighted by molar-refractivity contribution is 6.31. The lowest BCUT2D eigenvalue weighted by Crippen LogP contribution is -2.62. The van der Waals surface area contributed by atoms with E-state index in [9.17, 15) is 14.4 Å². The quantitative estimate of drug-likeness (QED) is 0.404. The summed E-state index contributed by atoms with van der Waals surface area (Å²) >= 11 is 12.6. The normalized spacial score (nSPS) is 23.1. The van der Waals surface area contributed by atoms with Gasteiger partial charge in [-0.05, 0) is 56.7 Å². The van der Waals surface area contributed by atoms with Crippen LogP contribution in [-0.2, 0) is 24.5 Å². The van der Waals surface area contributed by atoms with E-state index in [0.717, 1.165) is 0 Å². The smallest absolute Gasteiger partial charge is 0.314 e. The molecule has 2 N–H and O–H groups in total. The highest BCUT2D eigenvalue weighted by atomic mass is 35.5. The molecule has 2 aromatic carbocycles. The Kier molecular flexibility index (Phi) is 6.84. The predicted molar refractivity (Wildman–Crippen MR) is 139 cm³/mol. The van der Waals surface area contributed by atoms with Crippen LogP contribution in [0.2, 0.25) is 10.0 Å². The summed E-state index contributed by atoms with van der Waals surface area (Å²) in [7, 11) is 1.32. The Morgan fingerprint density at radius 1 is 1.17 bits per heavy atom. The molecule has 3 atom stereocenters. The topological polar surface area (TPSA) is 93.7 Å². The number of rotatable bonds is 6. The van der Waals surface area contributed by atoms with Gasteiger partial charge in [-0.25, -0.2) is 0 Å². The maximum atomic E-state index is 13.9. The van der Waals surface area contributed by atoms with Gasteiger partial charge in [-0.2, -0.15) is 0 Å². The molecule has 2 aromatic rings. The Hall–Kier alpha value is -3.03. The molecule has 2 aliphatic rings. The summed E-state index contributed by atoms with van der Waals surface area (Å²) in [6.45, 7) is 9.32. The molecule has 2 heterocycles. The summed E-state index contributed by atoms with van der Waals surface area (Å²) in [5, 5.41) is 6.84. The third-order valence-corrected chi connectivity index (χ3v) is 7.39. The first-order chi connectivity index (χ1) is 16.9. The van der Waals surface area contributed by atoms with Gasteiger partial charge >= 0.3 is 5.97 Å². The molecule has 1 fully saturated rings. The Bertz CT molecular complexity index is 1270. The van der Waals surface area contributed by atoms with Crippen LogP contribution in [-0.4, -0.2) is 37.5 Å². The van der Waals surface area contributed by atoms with Crippen LogP contribution in [0.15, 0.2) is 48.6 Å². The van der Waals surface area contributed by atoms with Crippen LogP contribution in [0.4, 0.5) is 5.69 Å². The molecule has 3 unspecified atom stereocenters. The van der Waals surface area contributed by atoms with E-state index in [1.165, 1.54) is 7.11 Å². The number of fused-ring (bicyclic) bond motifs is 2. The zero-order valence-electron chi connectivity index (χ0n) is 20.5. The Morgan fingerprint density at radius 2 is 1.83 bits per heavy atom. The molecule has 1 spiro atoms. The van der Waals surface area contributed by atoms with E-state index in [4.69, 9.17) is 32.7 Å². The van der Waals surface area contributed by atoms with E-state index in [1.807, 2.05) is 0 Å². The molecule has 7 nitrogen and oxygen atoms in total. The molecular formula is C27H28Cl2N2O5. The number of carbonyl (C=O) groups excluding carboxylic acids is 3. The van der Waals surface area contributed by atoms with Crippen molar-refractivity contribution in [2.24, 2.45) is 5.41 Å². The summed E-state index contributed by atoms with van der Waals surface area (Å²) in [4.78, 5) is 39.1. The zero-order valence-corrected chi connectivity index (χ0v) is 22.0. The highest BCUT2D eigenvalue weighted by Crippen LogP contribution is 2.55. The molecule has 0 aromatic heterocycles. The average Bonchev–Trinajstić information content (AvgIpc) is 3.09. The van der Waals surface area contributed by atoms with E-state index in [1.54, 1.807) is 57.2 Å². The molecule has 36 heavy (non-hydrogen) atoms. The largest absolute Gasteiger partial charge is 0.492 e. The maximum absolute atomic E-state index is 13.9. The van der Waals surface area contributed by atoms with E-state index in [2.05, 4.69) is 17.2 Å². The van der Waals surface area contributed by atoms with Crippen molar-refractivity contribution in [3.8, 4) is 5.75 Å². The fourth-order valence-corrected chi connectivity index (χ4v) is 5.58. The van der Waals surface area contributed by atoms with Gasteiger partial charge in [0.05, 0.1) is 18.6 Å². The van der Waals surface area contributed by atoms with Crippen LogP contribution in [0.25, 0.3) is 0 Å². The van der Waals surface area contributed by atoms with Crippen molar-refractivity contribution >= 4 is 46.7 Å². The van der Waals surface area contributed by atoms with E-state index < -0.39 is 28.8 Å². The summed E-state index contributed by atoms with van der Waals surface area (Å²) in [5.74, 6) is -1.15. The number of anilines is 1. The Morgan fingerprint density at radius 3 is 2.50 bits per heavy atom. The Balaban J connectivity index is 1.90. The second kappa shape index (κ2) is 9.45. The molecule has 190 valence electrons. The first-order valence-electron chi connectivity index (χ1n) is 11.5. The number of esters is 1. The number of amides is 2. The Labute approximate surface area is 220 Å². The number of carbonyl (C=O) groups is 3. The van der Waals surface area contributed by atoms with Gasteiger partial charge in [-0.15, -0.1) is 0 Å². The second-order valence-corrected chi connectivity index (χ2v) is 10.8. The van der Waals surface area contributed by atoms with Gasteiger partial charge in [0, 0.05) is 33.6 Å². The molecule has 1 saturated heterocycles. The van der Waals surface area contributed by atoms with E-state index in [0.29, 0.717) is 38.2 Å². The van der Waals surface area contributed by atoms with Crippen LogP contribution in [0, 0.1) is 5.41 Å². The monoisotopic (exact) mass is 530 g/mol. The minimum absolute atomic E-state index is 0.0103. The van der Waals surface area contributed by atoms with Crippen molar-refractivity contribution in [2.75, 3.05) is 19.0 Å². The molecule has 0 radical (unpaired) electrons. The number of ether oxygens (including phenoxy) is 2. The maximum Gasteiger partial charge on any atom is 0.314 e. The lowest BCUT2D eigenvalue weighted by Gasteiger charge is -2.46. The van der Waals surface area contributed by atoms with Crippen LogP contribution in [0.3, 0.4) is 0 Å². The summed E-state index contributed by atoms with van der Waals surface area (Å²) in [6, 6.07) is 9.60. The minimum Gasteiger partial charge on any atom is -0.492 e. The molecule has 0 bridgehead atoms. The van der Waals surface area contributed by atoms with Crippen molar-refractivity contribution in [1.29, 1.82) is 0 Å². The van der Waals surface area contributed by atoms with Gasteiger partial charge in [0.25, 0.3) is 0 Å². The van der Waals surface area contributed by atoms with Crippen LogP contribution < -0.4 is 15.4 Å². The van der Waals surface area contributed by atoms with Gasteiger partial charge in [0.2, 0.25) is 11.8 Å². The molecule has 9 heteroatoms. The van der Waals surface area contributed by atoms with Crippen LogP contribution in [0.1, 0.15) is 44.2 Å². The SMILES string of the molecule is C=C(C)C1NC(=O)CC(c2cc(Cl)ccc2OCC(C)(C)C(=O)OC)C12C(=O)Nc1cc(Cl)ccc12. The first kappa shape index (κ1) is 26.0. The van der Waals surface area contributed by atoms with Gasteiger partial charge in [-0.3, -0.25) is 14.4 Å². The van der Waals surface area contributed by atoms with Gasteiger partial charge < -0.3 is 20.1 Å². The fourth-order valence-electron chi connectivity index (χ4n) is 5.23. The number of piperidine rings is 1. The number of nitrogens with one attached hydrogen (secondary N) is 2. The summed E-state index contributed by atoms with van der Waals surface area (Å²) in [6.07, 6.45) is 0.0103. The molecule has 2 aliphatic heterocycles. The lowest BCUT2D eigenvalue weighted by molar-refractivity contribution is -0.152. The van der Waals surface area contributed by atoms with Crippen molar-refractivity contribution < 1.29 is 23.9 Å². The second-order valence-electron chi connectivity index (χ2n) is 9.96. The molecule has 2 amide bonds. The van der Waals surface area contributed by atoms with Gasteiger partial charge in [-0.1, -0.05) is 41.4 Å². The van der Waals surface area contributed by atoms with Crippen molar-refractivity contribution in [3.05, 3.63) is 69.7 Å². The summed E-state index contributed by atoms with van der Waals surface area (Å²) in [5.41, 5.74) is 0.346. The van der Waals surface area contributed by atoms with Crippen molar-refractivity contribution in [2.45, 2.75) is 44.6 Å². The number of halogens is 2. The first-order valence-corrected chi connectivity index (χ1v) is 12.2. The van der Waals surface area contributed by atoms with E-state index in [-0.39, 0.29) is 24.8 Å². The number of hydrogen-bond acceptors (Lipinski definition) is 5. The molecule has 0 aliphatic carbocycles. The molecular weight excluding hydrogens is 503 g/mol. The molecule has 4 rings (SSSR count). The predicted octanol–water partition coefficient (Wildman–Crippen LogP) is 5.01. The third kappa shape index (κ3) is 4.24. The lowest BCUT2D eigenvalue weighted by atomic mass is 9.59. The van der Waals surface area contributed by atoms with Crippen LogP contribution >= 0.6 is 23.2 Å². The average molecular weight is 531 g/mol. The summed E-state index contributed by atoms with van der Waals surface area (Å²) < 4.78 is 11.0. The van der Waals surface area contributed by atoms with Crippen molar-refractivity contribution in [3.63, 3.8) is 0 Å². The van der Waals surface area contributed by atoms with E-state index >= 15 is 0 Å². The highest BCUT2D eigenvalue weighted by Gasteiger charge is 2.61. The number of methoxy groups -OCH3 is 1. The van der Waals surface area contributed by atoms with Gasteiger partial charge in [0.15, 0.2) is 0 Å². The zero-order chi connectivity index (χ0) is 26.4. The number of benzene rings is 2. The van der Waals surface area contributed by atoms with Gasteiger partial charge in [0.1, 0.15) is 17.8 Å².